The van der Waals surface area contributed by atoms with Gasteiger partial charge in [-0.15, -0.1) is 0 Å². The molecule has 96 valence electrons. The molecule has 0 amide bonds. The van der Waals surface area contributed by atoms with Gasteiger partial charge in [-0.25, -0.2) is 0 Å². The van der Waals surface area contributed by atoms with Gasteiger partial charge < -0.3 is 10.1 Å². The summed E-state index contributed by atoms with van der Waals surface area (Å²) in [7, 11) is 1.79. The molecule has 0 radical (unpaired) electrons. The minimum absolute atomic E-state index is 0.874. The monoisotopic (exact) mass is 228 g/mol. The summed E-state index contributed by atoms with van der Waals surface area (Å²) < 4.78 is 5.16. The second kappa shape index (κ2) is 8.97. The summed E-state index contributed by atoms with van der Waals surface area (Å²) in [6.45, 7) is 7.80. The molecule has 1 saturated carbocycles. The Hall–Kier alpha value is -0.120. The number of rotatable bonds is 11. The summed E-state index contributed by atoms with van der Waals surface area (Å²) >= 11 is 0. The number of hydrogen-bond acceptors (Lipinski definition) is 3. The Morgan fingerprint density at radius 2 is 2.00 bits per heavy atom. The van der Waals surface area contributed by atoms with Crippen LogP contribution in [-0.4, -0.2) is 50.8 Å². The van der Waals surface area contributed by atoms with Crippen molar-refractivity contribution >= 4 is 0 Å². The van der Waals surface area contributed by atoms with Crippen LogP contribution in [0.2, 0.25) is 0 Å². The van der Waals surface area contributed by atoms with E-state index in [9.17, 15) is 0 Å². The van der Waals surface area contributed by atoms with Crippen LogP contribution in [0.25, 0.3) is 0 Å². The number of hydrogen-bond donors (Lipinski definition) is 1. The highest BCUT2D eigenvalue weighted by Crippen LogP contribution is 2.26. The molecular weight excluding hydrogens is 200 g/mol. The van der Waals surface area contributed by atoms with Gasteiger partial charge in [0.25, 0.3) is 0 Å². The largest absolute Gasteiger partial charge is 0.383 e. The average molecular weight is 228 g/mol. The van der Waals surface area contributed by atoms with E-state index in [0.29, 0.717) is 0 Å². The van der Waals surface area contributed by atoms with Crippen LogP contribution in [0, 0.1) is 0 Å². The predicted octanol–water partition coefficient (Wildman–Crippen LogP) is 1.88. The number of unbranched alkanes of at least 4 members (excludes halogenated alkanes) is 1. The summed E-state index contributed by atoms with van der Waals surface area (Å²) in [4.78, 5) is 2.60. The first-order valence-electron chi connectivity index (χ1n) is 6.82. The zero-order chi connectivity index (χ0) is 11.6. The zero-order valence-electron chi connectivity index (χ0n) is 11.0. The van der Waals surface area contributed by atoms with E-state index in [-0.39, 0.29) is 0 Å². The van der Waals surface area contributed by atoms with Gasteiger partial charge in [-0.2, -0.15) is 0 Å². The molecule has 3 heteroatoms. The Morgan fingerprint density at radius 3 is 2.62 bits per heavy atom. The lowest BCUT2D eigenvalue weighted by atomic mass is 10.2. The molecule has 3 nitrogen and oxygen atoms in total. The first kappa shape index (κ1) is 13.9. The quantitative estimate of drug-likeness (QED) is 0.546. The first-order chi connectivity index (χ1) is 7.88. The molecule has 16 heavy (non-hydrogen) atoms. The van der Waals surface area contributed by atoms with Crippen molar-refractivity contribution in [1.82, 2.24) is 10.2 Å². The lowest BCUT2D eigenvalue weighted by molar-refractivity contribution is 0.142. The van der Waals surface area contributed by atoms with E-state index in [4.69, 9.17) is 4.74 Å². The SMILES string of the molecule is CCCNCCCCN(CCOC)C1CC1. The molecule has 0 aliphatic heterocycles. The van der Waals surface area contributed by atoms with Crippen LogP contribution in [0.3, 0.4) is 0 Å². The molecule has 1 aliphatic carbocycles. The Bertz CT molecular complexity index is 160. The first-order valence-corrected chi connectivity index (χ1v) is 6.82. The molecule has 0 atom stereocenters. The normalized spacial score (nSPS) is 15.9. The van der Waals surface area contributed by atoms with Gasteiger partial charge in [0.2, 0.25) is 0 Å². The van der Waals surface area contributed by atoms with Crippen molar-refractivity contribution in [3.8, 4) is 0 Å². The number of methoxy groups -OCH3 is 1. The lowest BCUT2D eigenvalue weighted by Gasteiger charge is -2.21. The third-order valence-corrected chi connectivity index (χ3v) is 3.12. The summed E-state index contributed by atoms with van der Waals surface area (Å²) in [5, 5.41) is 3.45. The van der Waals surface area contributed by atoms with Crippen LogP contribution < -0.4 is 5.32 Å². The van der Waals surface area contributed by atoms with Crippen molar-refractivity contribution < 1.29 is 4.74 Å². The maximum Gasteiger partial charge on any atom is 0.0589 e. The van der Waals surface area contributed by atoms with Crippen LogP contribution in [0.15, 0.2) is 0 Å². The summed E-state index contributed by atoms with van der Waals surface area (Å²) in [6.07, 6.45) is 6.66. The molecular formula is C13H28N2O. The molecule has 1 rings (SSSR count). The molecule has 0 saturated heterocycles. The second-order valence-corrected chi connectivity index (χ2v) is 4.72. The molecule has 0 aromatic rings. The van der Waals surface area contributed by atoms with Gasteiger partial charge in [0.1, 0.15) is 0 Å². The fraction of sp³-hybridized carbons (Fsp3) is 1.00. The molecule has 0 bridgehead atoms. The van der Waals surface area contributed by atoms with E-state index in [2.05, 4.69) is 17.1 Å². The molecule has 0 heterocycles. The number of nitrogens with one attached hydrogen (secondary N) is 1. The maximum atomic E-state index is 5.16. The number of ether oxygens (including phenoxy) is 1. The van der Waals surface area contributed by atoms with Crippen molar-refractivity contribution in [1.29, 1.82) is 0 Å². The summed E-state index contributed by atoms with van der Waals surface area (Å²) in [6, 6.07) is 0.874. The van der Waals surface area contributed by atoms with Crippen LogP contribution in [-0.2, 0) is 4.74 Å². The molecule has 1 aliphatic rings. The molecule has 1 N–H and O–H groups in total. The van der Waals surface area contributed by atoms with Crippen LogP contribution >= 0.6 is 0 Å². The molecule has 0 spiro atoms. The lowest BCUT2D eigenvalue weighted by Crippen LogP contribution is -2.31. The van der Waals surface area contributed by atoms with Crippen molar-refractivity contribution in [2.45, 2.75) is 45.1 Å². The highest BCUT2D eigenvalue weighted by Gasteiger charge is 2.27. The van der Waals surface area contributed by atoms with Crippen LogP contribution in [0.5, 0.6) is 0 Å². The van der Waals surface area contributed by atoms with Crippen LogP contribution in [0.1, 0.15) is 39.0 Å². The van der Waals surface area contributed by atoms with E-state index >= 15 is 0 Å². The van der Waals surface area contributed by atoms with Crippen LogP contribution in [0.4, 0.5) is 0 Å². The van der Waals surface area contributed by atoms with E-state index < -0.39 is 0 Å². The number of nitrogens with zero attached hydrogens (tertiary/aromatic N) is 1. The van der Waals surface area contributed by atoms with Gasteiger partial charge in [0, 0.05) is 19.7 Å². The standard InChI is InChI=1S/C13H28N2O/c1-3-8-14-9-4-5-10-15(11-12-16-2)13-6-7-13/h13-14H,3-12H2,1-2H3. The maximum absolute atomic E-state index is 5.16. The predicted molar refractivity (Wildman–Crippen MR) is 68.9 cm³/mol. The smallest absolute Gasteiger partial charge is 0.0589 e. The van der Waals surface area contributed by atoms with E-state index in [1.807, 2.05) is 0 Å². The fourth-order valence-corrected chi connectivity index (χ4v) is 1.99. The van der Waals surface area contributed by atoms with Crippen molar-refractivity contribution in [3.05, 3.63) is 0 Å². The van der Waals surface area contributed by atoms with Gasteiger partial charge in [-0.3, -0.25) is 4.90 Å². The van der Waals surface area contributed by atoms with Gasteiger partial charge in [0.05, 0.1) is 6.61 Å². The van der Waals surface area contributed by atoms with Crippen molar-refractivity contribution in [3.63, 3.8) is 0 Å². The Labute approximate surface area is 101 Å². The van der Waals surface area contributed by atoms with Gasteiger partial charge in [-0.05, 0) is 51.7 Å². The fourth-order valence-electron chi connectivity index (χ4n) is 1.99. The minimum atomic E-state index is 0.874. The Kier molecular flexibility index (Phi) is 7.81. The van der Waals surface area contributed by atoms with Gasteiger partial charge in [0.15, 0.2) is 0 Å². The Morgan fingerprint density at radius 1 is 1.19 bits per heavy atom. The van der Waals surface area contributed by atoms with E-state index in [0.717, 1.165) is 25.7 Å². The van der Waals surface area contributed by atoms with E-state index in [1.165, 1.54) is 45.2 Å². The van der Waals surface area contributed by atoms with Crippen molar-refractivity contribution in [2.24, 2.45) is 0 Å². The molecule has 1 fully saturated rings. The molecule has 0 aromatic heterocycles. The summed E-state index contributed by atoms with van der Waals surface area (Å²) in [5.74, 6) is 0. The molecule has 0 aromatic carbocycles. The van der Waals surface area contributed by atoms with Gasteiger partial charge in [-0.1, -0.05) is 6.92 Å². The second-order valence-electron chi connectivity index (χ2n) is 4.72. The van der Waals surface area contributed by atoms with E-state index in [1.54, 1.807) is 7.11 Å². The van der Waals surface area contributed by atoms with Crippen molar-refractivity contribution in [2.75, 3.05) is 39.9 Å². The third-order valence-electron chi connectivity index (χ3n) is 3.12. The average Bonchev–Trinajstić information content (AvgIpc) is 3.11. The zero-order valence-corrected chi connectivity index (χ0v) is 11.0. The highest BCUT2D eigenvalue weighted by atomic mass is 16.5. The highest BCUT2D eigenvalue weighted by molar-refractivity contribution is 4.84. The molecule has 0 unspecified atom stereocenters. The summed E-state index contributed by atoms with van der Waals surface area (Å²) in [5.41, 5.74) is 0. The Balaban J connectivity index is 1.95. The minimum Gasteiger partial charge on any atom is -0.383 e. The van der Waals surface area contributed by atoms with Gasteiger partial charge >= 0.3 is 0 Å². The topological polar surface area (TPSA) is 24.5 Å². The third kappa shape index (κ3) is 6.46.